The van der Waals surface area contributed by atoms with Crippen LogP contribution in [0.15, 0.2) is 0 Å². The lowest BCUT2D eigenvalue weighted by atomic mass is 10.1. The molecule has 3 nitrogen and oxygen atoms in total. The molecular formula is C11H25ClN2O. The summed E-state index contributed by atoms with van der Waals surface area (Å²) in [5, 5.41) is 3.35. The molecule has 1 atom stereocenters. The number of hydrogen-bond donors (Lipinski definition) is 1. The number of rotatable bonds is 5. The van der Waals surface area contributed by atoms with Gasteiger partial charge in [0.1, 0.15) is 0 Å². The van der Waals surface area contributed by atoms with Crippen LogP contribution in [0, 0.1) is 0 Å². The van der Waals surface area contributed by atoms with Crippen molar-refractivity contribution in [1.29, 1.82) is 0 Å². The topological polar surface area (TPSA) is 24.5 Å². The zero-order valence-electron chi connectivity index (χ0n) is 10.2. The minimum absolute atomic E-state index is 0. The maximum Gasteiger partial charge on any atom is 0.0596 e. The molecule has 0 amide bonds. The second-order valence-corrected chi connectivity index (χ2v) is 4.35. The molecule has 1 fully saturated rings. The van der Waals surface area contributed by atoms with Crippen LogP contribution in [0.3, 0.4) is 0 Å². The molecule has 1 N–H and O–H groups in total. The SMILES string of the molecule is CNC1CCCN(CCOC(C)C)C1.Cl. The van der Waals surface area contributed by atoms with Crippen molar-refractivity contribution in [3.8, 4) is 0 Å². The van der Waals surface area contributed by atoms with Gasteiger partial charge >= 0.3 is 0 Å². The van der Waals surface area contributed by atoms with Gasteiger partial charge in [0.25, 0.3) is 0 Å². The molecule has 0 aliphatic carbocycles. The number of nitrogens with zero attached hydrogens (tertiary/aromatic N) is 1. The van der Waals surface area contributed by atoms with Gasteiger partial charge in [-0.25, -0.2) is 0 Å². The fourth-order valence-corrected chi connectivity index (χ4v) is 1.91. The van der Waals surface area contributed by atoms with Crippen LogP contribution in [0.1, 0.15) is 26.7 Å². The Morgan fingerprint density at radius 2 is 2.20 bits per heavy atom. The van der Waals surface area contributed by atoms with Gasteiger partial charge in [-0.2, -0.15) is 0 Å². The van der Waals surface area contributed by atoms with Crippen LogP contribution in [-0.2, 0) is 4.74 Å². The maximum atomic E-state index is 5.55. The van der Waals surface area contributed by atoms with E-state index in [0.717, 1.165) is 13.2 Å². The van der Waals surface area contributed by atoms with E-state index in [0.29, 0.717) is 12.1 Å². The van der Waals surface area contributed by atoms with Crippen LogP contribution >= 0.6 is 12.4 Å². The number of ether oxygens (including phenoxy) is 1. The molecular weight excluding hydrogens is 212 g/mol. The van der Waals surface area contributed by atoms with Crippen molar-refractivity contribution in [3.05, 3.63) is 0 Å². The van der Waals surface area contributed by atoms with Crippen molar-refractivity contribution >= 4 is 12.4 Å². The van der Waals surface area contributed by atoms with Crippen LogP contribution in [0.5, 0.6) is 0 Å². The summed E-state index contributed by atoms with van der Waals surface area (Å²) in [6, 6.07) is 0.683. The van der Waals surface area contributed by atoms with E-state index in [2.05, 4.69) is 31.1 Å². The quantitative estimate of drug-likeness (QED) is 0.784. The average Bonchev–Trinajstić information content (AvgIpc) is 2.18. The van der Waals surface area contributed by atoms with E-state index >= 15 is 0 Å². The van der Waals surface area contributed by atoms with Crippen molar-refractivity contribution in [2.75, 3.05) is 33.3 Å². The molecule has 4 heteroatoms. The number of halogens is 1. The van der Waals surface area contributed by atoms with E-state index < -0.39 is 0 Å². The first kappa shape index (κ1) is 15.2. The second kappa shape index (κ2) is 8.34. The van der Waals surface area contributed by atoms with Gasteiger partial charge in [-0.05, 0) is 40.3 Å². The van der Waals surface area contributed by atoms with Crippen molar-refractivity contribution in [2.45, 2.75) is 38.8 Å². The number of hydrogen-bond acceptors (Lipinski definition) is 3. The van der Waals surface area contributed by atoms with E-state index in [4.69, 9.17) is 4.74 Å². The summed E-state index contributed by atoms with van der Waals surface area (Å²) in [4.78, 5) is 2.49. The van der Waals surface area contributed by atoms with E-state index in [1.165, 1.54) is 25.9 Å². The molecule has 1 aliphatic rings. The van der Waals surface area contributed by atoms with Gasteiger partial charge in [-0.15, -0.1) is 12.4 Å². The Kier molecular flexibility index (Phi) is 8.43. The Bertz CT molecular complexity index is 156. The molecule has 0 aromatic heterocycles. The zero-order chi connectivity index (χ0) is 10.4. The highest BCUT2D eigenvalue weighted by Crippen LogP contribution is 2.09. The Balaban J connectivity index is 0.00000196. The van der Waals surface area contributed by atoms with Crippen LogP contribution in [0.25, 0.3) is 0 Å². The third kappa shape index (κ3) is 6.36. The van der Waals surface area contributed by atoms with Crippen molar-refractivity contribution in [3.63, 3.8) is 0 Å². The lowest BCUT2D eigenvalue weighted by Crippen LogP contribution is -2.45. The Morgan fingerprint density at radius 1 is 1.47 bits per heavy atom. The largest absolute Gasteiger partial charge is 0.377 e. The molecule has 1 saturated heterocycles. The van der Waals surface area contributed by atoms with Gasteiger partial charge in [0.15, 0.2) is 0 Å². The van der Waals surface area contributed by atoms with Gasteiger partial charge in [0.05, 0.1) is 12.7 Å². The van der Waals surface area contributed by atoms with Gasteiger partial charge in [-0.1, -0.05) is 0 Å². The molecule has 0 spiro atoms. The molecule has 1 rings (SSSR count). The molecule has 0 radical (unpaired) electrons. The first-order chi connectivity index (χ1) is 6.72. The van der Waals surface area contributed by atoms with Crippen LogP contribution in [0.2, 0.25) is 0 Å². The molecule has 0 aromatic rings. The van der Waals surface area contributed by atoms with E-state index in [9.17, 15) is 0 Å². The van der Waals surface area contributed by atoms with Gasteiger partial charge in [-0.3, -0.25) is 4.90 Å². The van der Waals surface area contributed by atoms with Gasteiger partial charge in [0.2, 0.25) is 0 Å². The van der Waals surface area contributed by atoms with Crippen LogP contribution < -0.4 is 5.32 Å². The van der Waals surface area contributed by atoms with Crippen LogP contribution in [0.4, 0.5) is 0 Å². The molecule has 1 heterocycles. The fraction of sp³-hybridized carbons (Fsp3) is 1.00. The first-order valence-corrected chi connectivity index (χ1v) is 5.73. The molecule has 92 valence electrons. The summed E-state index contributed by atoms with van der Waals surface area (Å²) < 4.78 is 5.55. The lowest BCUT2D eigenvalue weighted by Gasteiger charge is -2.32. The number of likely N-dealkylation sites (tertiary alicyclic amines) is 1. The fourth-order valence-electron chi connectivity index (χ4n) is 1.91. The summed E-state index contributed by atoms with van der Waals surface area (Å²) in [5.74, 6) is 0. The first-order valence-electron chi connectivity index (χ1n) is 5.73. The minimum Gasteiger partial charge on any atom is -0.377 e. The number of nitrogens with one attached hydrogen (secondary N) is 1. The summed E-state index contributed by atoms with van der Waals surface area (Å²) in [6.45, 7) is 8.54. The zero-order valence-corrected chi connectivity index (χ0v) is 11.0. The van der Waals surface area contributed by atoms with Crippen molar-refractivity contribution in [1.82, 2.24) is 10.2 Å². The lowest BCUT2D eigenvalue weighted by molar-refractivity contribution is 0.0519. The van der Waals surface area contributed by atoms with E-state index in [1.807, 2.05) is 0 Å². The number of piperidine rings is 1. The monoisotopic (exact) mass is 236 g/mol. The average molecular weight is 237 g/mol. The molecule has 1 aliphatic heterocycles. The minimum atomic E-state index is 0. The highest BCUT2D eigenvalue weighted by molar-refractivity contribution is 5.85. The van der Waals surface area contributed by atoms with Gasteiger partial charge in [0, 0.05) is 19.1 Å². The third-order valence-electron chi connectivity index (χ3n) is 2.77. The summed E-state index contributed by atoms with van der Waals surface area (Å²) in [7, 11) is 2.05. The molecule has 15 heavy (non-hydrogen) atoms. The van der Waals surface area contributed by atoms with Crippen molar-refractivity contribution in [2.24, 2.45) is 0 Å². The van der Waals surface area contributed by atoms with E-state index in [1.54, 1.807) is 0 Å². The summed E-state index contributed by atoms with van der Waals surface area (Å²) in [5.41, 5.74) is 0. The van der Waals surface area contributed by atoms with Crippen LogP contribution in [-0.4, -0.2) is 50.3 Å². The predicted molar refractivity (Wildman–Crippen MR) is 66.9 cm³/mol. The Morgan fingerprint density at radius 3 is 2.80 bits per heavy atom. The Hall–Kier alpha value is 0.170. The smallest absolute Gasteiger partial charge is 0.0596 e. The molecule has 0 saturated carbocycles. The maximum absolute atomic E-state index is 5.55. The summed E-state index contributed by atoms with van der Waals surface area (Å²) >= 11 is 0. The second-order valence-electron chi connectivity index (χ2n) is 4.35. The van der Waals surface area contributed by atoms with Gasteiger partial charge < -0.3 is 10.1 Å². The Labute approximate surface area is 100.0 Å². The standard InChI is InChI=1S/C11H24N2O.ClH/c1-10(2)14-8-7-13-6-4-5-11(9-13)12-3;/h10-12H,4-9H2,1-3H3;1H. The van der Waals surface area contributed by atoms with E-state index in [-0.39, 0.29) is 12.4 Å². The van der Waals surface area contributed by atoms with Crippen molar-refractivity contribution < 1.29 is 4.74 Å². The normalized spacial score (nSPS) is 22.8. The number of likely N-dealkylation sites (N-methyl/N-ethyl adjacent to an activating group) is 1. The third-order valence-corrected chi connectivity index (χ3v) is 2.77. The highest BCUT2D eigenvalue weighted by atomic mass is 35.5. The highest BCUT2D eigenvalue weighted by Gasteiger charge is 2.17. The molecule has 0 bridgehead atoms. The molecule has 0 aromatic carbocycles. The summed E-state index contributed by atoms with van der Waals surface area (Å²) in [6.07, 6.45) is 2.99. The predicted octanol–water partition coefficient (Wildman–Crippen LogP) is 1.52. The molecule has 1 unspecified atom stereocenters.